The lowest BCUT2D eigenvalue weighted by atomic mass is 9.98. The summed E-state index contributed by atoms with van der Waals surface area (Å²) < 4.78 is 11.4. The van der Waals surface area contributed by atoms with Crippen LogP contribution in [0.2, 0.25) is 0 Å². The Morgan fingerprint density at radius 2 is 1.73 bits per heavy atom. The number of carbonyl (C=O) groups excluding carboxylic acids is 2. The zero-order valence-electron chi connectivity index (χ0n) is 13.4. The Bertz CT molecular complexity index is 431. The molecule has 0 bridgehead atoms. The Morgan fingerprint density at radius 1 is 1.09 bits per heavy atom. The van der Waals surface area contributed by atoms with Gasteiger partial charge in [0.15, 0.2) is 5.79 Å². The number of rotatable bonds is 5. The minimum Gasteiger partial charge on any atom is -0.355 e. The molecule has 0 aromatic heterocycles. The fourth-order valence-electron chi connectivity index (χ4n) is 3.35. The van der Waals surface area contributed by atoms with Crippen molar-refractivity contribution in [3.8, 4) is 0 Å². The SMILES string of the molecule is CCCCNC(=O)C1(C(=O)N2CCC3(CC2)OCCO3)CC1. The van der Waals surface area contributed by atoms with Gasteiger partial charge in [0, 0.05) is 32.5 Å². The van der Waals surface area contributed by atoms with E-state index in [-0.39, 0.29) is 11.8 Å². The Kier molecular flexibility index (Phi) is 4.41. The van der Waals surface area contributed by atoms with E-state index in [0.717, 1.165) is 12.8 Å². The first kappa shape index (κ1) is 15.7. The van der Waals surface area contributed by atoms with Crippen LogP contribution in [0.5, 0.6) is 0 Å². The molecule has 0 aromatic carbocycles. The van der Waals surface area contributed by atoms with Crippen LogP contribution in [0.15, 0.2) is 0 Å². The highest BCUT2D eigenvalue weighted by molar-refractivity contribution is 6.07. The minimum absolute atomic E-state index is 0.00524. The van der Waals surface area contributed by atoms with Gasteiger partial charge in [0.25, 0.3) is 0 Å². The molecule has 0 radical (unpaired) electrons. The quantitative estimate of drug-likeness (QED) is 0.609. The smallest absolute Gasteiger partial charge is 0.238 e. The fraction of sp³-hybridized carbons (Fsp3) is 0.875. The number of unbranched alkanes of at least 4 members (excludes halogenated alkanes) is 1. The Hall–Kier alpha value is -1.14. The van der Waals surface area contributed by atoms with Crippen molar-refractivity contribution in [2.45, 2.75) is 51.2 Å². The second kappa shape index (κ2) is 6.16. The molecule has 6 heteroatoms. The first-order chi connectivity index (χ1) is 10.6. The fourth-order valence-corrected chi connectivity index (χ4v) is 3.35. The Morgan fingerprint density at radius 3 is 2.27 bits per heavy atom. The standard InChI is InChI=1S/C16H26N2O4/c1-2-3-8-17-13(19)15(4-5-15)14(20)18-9-6-16(7-10-18)21-11-12-22-16/h2-12H2,1H3,(H,17,19). The van der Waals surface area contributed by atoms with Crippen LogP contribution in [-0.4, -0.2) is 55.3 Å². The summed E-state index contributed by atoms with van der Waals surface area (Å²) in [6.45, 7) is 5.25. The molecule has 0 unspecified atom stereocenters. The van der Waals surface area contributed by atoms with E-state index in [1.165, 1.54) is 0 Å². The van der Waals surface area contributed by atoms with Gasteiger partial charge in [-0.1, -0.05) is 13.3 Å². The van der Waals surface area contributed by atoms with Gasteiger partial charge < -0.3 is 19.7 Å². The van der Waals surface area contributed by atoms with Crippen molar-refractivity contribution < 1.29 is 19.1 Å². The molecular formula is C16H26N2O4. The van der Waals surface area contributed by atoms with E-state index in [4.69, 9.17) is 9.47 Å². The lowest BCUT2D eigenvalue weighted by Gasteiger charge is -2.38. The van der Waals surface area contributed by atoms with Gasteiger partial charge in [0.2, 0.25) is 11.8 Å². The summed E-state index contributed by atoms with van der Waals surface area (Å²) in [7, 11) is 0. The molecule has 124 valence electrons. The van der Waals surface area contributed by atoms with Crippen LogP contribution in [0.1, 0.15) is 45.4 Å². The van der Waals surface area contributed by atoms with E-state index in [9.17, 15) is 9.59 Å². The molecule has 2 saturated heterocycles. The van der Waals surface area contributed by atoms with Gasteiger partial charge >= 0.3 is 0 Å². The summed E-state index contributed by atoms with van der Waals surface area (Å²) in [4.78, 5) is 26.9. The molecule has 1 aliphatic carbocycles. The maximum absolute atomic E-state index is 12.7. The van der Waals surface area contributed by atoms with E-state index in [1.807, 2.05) is 4.90 Å². The van der Waals surface area contributed by atoms with Crippen molar-refractivity contribution in [3.05, 3.63) is 0 Å². The first-order valence-electron chi connectivity index (χ1n) is 8.47. The summed E-state index contributed by atoms with van der Waals surface area (Å²) in [5.74, 6) is -0.564. The third-order valence-electron chi connectivity index (χ3n) is 5.04. The lowest BCUT2D eigenvalue weighted by molar-refractivity contribution is -0.188. The molecule has 3 fully saturated rings. The molecule has 3 aliphatic rings. The van der Waals surface area contributed by atoms with Crippen molar-refractivity contribution >= 4 is 11.8 Å². The lowest BCUT2D eigenvalue weighted by Crippen LogP contribution is -2.52. The molecule has 2 amide bonds. The highest BCUT2D eigenvalue weighted by Crippen LogP contribution is 2.48. The van der Waals surface area contributed by atoms with Crippen LogP contribution >= 0.6 is 0 Å². The number of nitrogens with zero attached hydrogens (tertiary/aromatic N) is 1. The van der Waals surface area contributed by atoms with E-state index in [1.54, 1.807) is 0 Å². The van der Waals surface area contributed by atoms with Gasteiger partial charge in [-0.15, -0.1) is 0 Å². The van der Waals surface area contributed by atoms with Crippen LogP contribution < -0.4 is 5.32 Å². The van der Waals surface area contributed by atoms with Crippen LogP contribution in [0, 0.1) is 5.41 Å². The Labute approximate surface area is 131 Å². The number of hydrogen-bond acceptors (Lipinski definition) is 4. The van der Waals surface area contributed by atoms with Crippen molar-refractivity contribution in [3.63, 3.8) is 0 Å². The van der Waals surface area contributed by atoms with Gasteiger partial charge in [-0.2, -0.15) is 0 Å². The van der Waals surface area contributed by atoms with Crippen LogP contribution in [0.25, 0.3) is 0 Å². The number of hydrogen-bond donors (Lipinski definition) is 1. The maximum atomic E-state index is 12.7. The van der Waals surface area contributed by atoms with Gasteiger partial charge in [-0.3, -0.25) is 9.59 Å². The minimum atomic E-state index is -0.782. The molecule has 0 atom stereocenters. The number of nitrogens with one attached hydrogen (secondary N) is 1. The van der Waals surface area contributed by atoms with Crippen LogP contribution in [0.4, 0.5) is 0 Å². The third-order valence-corrected chi connectivity index (χ3v) is 5.04. The first-order valence-corrected chi connectivity index (χ1v) is 8.47. The van der Waals surface area contributed by atoms with Gasteiger partial charge in [-0.25, -0.2) is 0 Å². The molecule has 2 heterocycles. The summed E-state index contributed by atoms with van der Waals surface area (Å²) in [5.41, 5.74) is -0.782. The van der Waals surface area contributed by atoms with Crippen LogP contribution in [-0.2, 0) is 19.1 Å². The highest BCUT2D eigenvalue weighted by Gasteiger charge is 2.58. The van der Waals surface area contributed by atoms with Crippen molar-refractivity contribution in [1.82, 2.24) is 10.2 Å². The summed E-state index contributed by atoms with van der Waals surface area (Å²) in [6.07, 6.45) is 4.75. The molecule has 2 aliphatic heterocycles. The molecule has 1 spiro atoms. The van der Waals surface area contributed by atoms with Crippen molar-refractivity contribution in [2.24, 2.45) is 5.41 Å². The zero-order chi connectivity index (χ0) is 15.6. The second-order valence-electron chi connectivity index (χ2n) is 6.59. The highest BCUT2D eigenvalue weighted by atomic mass is 16.7. The molecule has 3 rings (SSSR count). The second-order valence-corrected chi connectivity index (χ2v) is 6.59. The summed E-state index contributed by atoms with van der Waals surface area (Å²) in [6, 6.07) is 0. The van der Waals surface area contributed by atoms with Crippen molar-refractivity contribution in [1.29, 1.82) is 0 Å². The van der Waals surface area contributed by atoms with Crippen molar-refractivity contribution in [2.75, 3.05) is 32.8 Å². The van der Waals surface area contributed by atoms with E-state index in [0.29, 0.717) is 58.5 Å². The Balaban J connectivity index is 1.54. The molecular weight excluding hydrogens is 284 g/mol. The van der Waals surface area contributed by atoms with Gasteiger partial charge in [-0.05, 0) is 19.3 Å². The third kappa shape index (κ3) is 2.86. The van der Waals surface area contributed by atoms with Gasteiger partial charge in [0.05, 0.1) is 13.2 Å². The molecule has 0 aromatic rings. The normalized spacial score (nSPS) is 25.2. The molecule has 1 saturated carbocycles. The predicted molar refractivity (Wildman–Crippen MR) is 80.0 cm³/mol. The number of piperidine rings is 1. The molecule has 22 heavy (non-hydrogen) atoms. The molecule has 6 nitrogen and oxygen atoms in total. The number of amides is 2. The summed E-state index contributed by atoms with van der Waals surface area (Å²) in [5, 5.41) is 2.92. The topological polar surface area (TPSA) is 67.9 Å². The average molecular weight is 310 g/mol. The van der Waals surface area contributed by atoms with E-state index >= 15 is 0 Å². The predicted octanol–water partition coefficient (Wildman–Crippen LogP) is 1.05. The van der Waals surface area contributed by atoms with E-state index < -0.39 is 11.2 Å². The average Bonchev–Trinajstić information content (AvgIpc) is 3.24. The summed E-state index contributed by atoms with van der Waals surface area (Å²) >= 11 is 0. The number of carbonyl (C=O) groups is 2. The molecule has 1 N–H and O–H groups in total. The van der Waals surface area contributed by atoms with Gasteiger partial charge in [0.1, 0.15) is 5.41 Å². The maximum Gasteiger partial charge on any atom is 0.238 e. The zero-order valence-corrected chi connectivity index (χ0v) is 13.4. The number of ether oxygens (including phenoxy) is 2. The largest absolute Gasteiger partial charge is 0.355 e. The number of likely N-dealkylation sites (tertiary alicyclic amines) is 1. The van der Waals surface area contributed by atoms with E-state index in [2.05, 4.69) is 12.2 Å². The monoisotopic (exact) mass is 310 g/mol. The van der Waals surface area contributed by atoms with Crippen LogP contribution in [0.3, 0.4) is 0 Å².